The highest BCUT2D eigenvalue weighted by molar-refractivity contribution is 6.01. The van der Waals surface area contributed by atoms with Crippen LogP contribution in [0.3, 0.4) is 0 Å². The Labute approximate surface area is 205 Å². The number of halogens is 2. The maximum Gasteiger partial charge on any atom is 0.235 e. The zero-order valence-electron chi connectivity index (χ0n) is 19.2. The average molecular weight is 485 g/mol. The summed E-state index contributed by atoms with van der Waals surface area (Å²) in [7, 11) is 1.49. The number of anilines is 1. The van der Waals surface area contributed by atoms with Crippen LogP contribution in [-0.4, -0.2) is 39.6 Å². The predicted octanol–water partition coefficient (Wildman–Crippen LogP) is 5.33. The fourth-order valence-corrected chi connectivity index (χ4v) is 4.08. The molecule has 0 aliphatic rings. The van der Waals surface area contributed by atoms with E-state index >= 15 is 0 Å². The second-order valence-corrected chi connectivity index (χ2v) is 8.12. The third-order valence-corrected chi connectivity index (χ3v) is 5.74. The summed E-state index contributed by atoms with van der Waals surface area (Å²) in [6.07, 6.45) is 4.40. The first-order chi connectivity index (χ1) is 17.5. The standard InChI is InChI=1S/C27H21F2N5O2/c1-36-15-20(16-5-7-18(28)8-6-16)27(35)34-23-12-17(9-11-31-23)25-24(21-4-2-3-10-30-21)26-22(33-25)13-19(29)14-32-26/h2-14,20,33H,15H2,1H3,(H,31,34,35). The summed E-state index contributed by atoms with van der Waals surface area (Å²) in [5.41, 5.74) is 4.44. The molecule has 0 fully saturated rings. The maximum absolute atomic E-state index is 13.9. The van der Waals surface area contributed by atoms with Crippen LogP contribution < -0.4 is 5.32 Å². The summed E-state index contributed by atoms with van der Waals surface area (Å²) in [6.45, 7) is 0.111. The lowest BCUT2D eigenvalue weighted by molar-refractivity contribution is -0.118. The van der Waals surface area contributed by atoms with Gasteiger partial charge in [-0.05, 0) is 42.0 Å². The number of H-pyrrole nitrogens is 1. The van der Waals surface area contributed by atoms with Crippen LogP contribution in [0.15, 0.2) is 79.3 Å². The van der Waals surface area contributed by atoms with E-state index in [2.05, 4.69) is 25.3 Å². The van der Waals surface area contributed by atoms with Gasteiger partial charge in [0.15, 0.2) is 0 Å². The van der Waals surface area contributed by atoms with Gasteiger partial charge in [-0.15, -0.1) is 0 Å². The van der Waals surface area contributed by atoms with Gasteiger partial charge in [-0.3, -0.25) is 14.8 Å². The average Bonchev–Trinajstić information content (AvgIpc) is 3.27. The van der Waals surface area contributed by atoms with E-state index in [-0.39, 0.29) is 18.3 Å². The zero-order chi connectivity index (χ0) is 25.1. The Hall–Kier alpha value is -4.50. The van der Waals surface area contributed by atoms with Gasteiger partial charge in [0, 0.05) is 31.1 Å². The molecule has 5 aromatic rings. The molecule has 0 aliphatic heterocycles. The number of amides is 1. The number of hydrogen-bond donors (Lipinski definition) is 2. The molecular formula is C27H21F2N5O2. The molecular weight excluding hydrogens is 464 g/mol. The van der Waals surface area contributed by atoms with Gasteiger partial charge in [-0.2, -0.15) is 0 Å². The molecule has 1 aromatic carbocycles. The smallest absolute Gasteiger partial charge is 0.235 e. The van der Waals surface area contributed by atoms with Crippen molar-refractivity contribution in [2.75, 3.05) is 19.0 Å². The molecule has 9 heteroatoms. The minimum absolute atomic E-state index is 0.111. The molecule has 1 amide bonds. The lowest BCUT2D eigenvalue weighted by Crippen LogP contribution is -2.25. The van der Waals surface area contributed by atoms with Crippen LogP contribution in [0.2, 0.25) is 0 Å². The van der Waals surface area contributed by atoms with E-state index in [1.807, 2.05) is 18.2 Å². The number of aromatic nitrogens is 4. The summed E-state index contributed by atoms with van der Waals surface area (Å²) in [5, 5.41) is 2.82. The predicted molar refractivity (Wildman–Crippen MR) is 132 cm³/mol. The molecule has 0 spiro atoms. The van der Waals surface area contributed by atoms with Gasteiger partial charge in [0.05, 0.1) is 46.7 Å². The third kappa shape index (κ3) is 4.69. The van der Waals surface area contributed by atoms with Crippen LogP contribution in [0.1, 0.15) is 11.5 Å². The van der Waals surface area contributed by atoms with Gasteiger partial charge in [0.2, 0.25) is 5.91 Å². The van der Waals surface area contributed by atoms with Crippen molar-refractivity contribution in [1.29, 1.82) is 0 Å². The molecule has 1 unspecified atom stereocenters. The normalized spacial score (nSPS) is 12.0. The number of pyridine rings is 3. The third-order valence-electron chi connectivity index (χ3n) is 5.74. The molecule has 4 aromatic heterocycles. The number of carbonyl (C=O) groups excluding carboxylic acids is 1. The van der Waals surface area contributed by atoms with Gasteiger partial charge in [-0.1, -0.05) is 18.2 Å². The number of nitrogens with zero attached hydrogens (tertiary/aromatic N) is 3. The van der Waals surface area contributed by atoms with Crippen LogP contribution >= 0.6 is 0 Å². The second-order valence-electron chi connectivity index (χ2n) is 8.12. The number of aromatic amines is 1. The number of carbonyl (C=O) groups is 1. The van der Waals surface area contributed by atoms with E-state index in [4.69, 9.17) is 4.74 Å². The van der Waals surface area contributed by atoms with E-state index in [9.17, 15) is 13.6 Å². The molecule has 5 rings (SSSR count). The Kier molecular flexibility index (Phi) is 6.46. The quantitative estimate of drug-likeness (QED) is 0.325. The highest BCUT2D eigenvalue weighted by Crippen LogP contribution is 2.37. The summed E-state index contributed by atoms with van der Waals surface area (Å²) in [4.78, 5) is 29.4. The lowest BCUT2D eigenvalue weighted by Gasteiger charge is -2.16. The van der Waals surface area contributed by atoms with Crippen LogP contribution in [0, 0.1) is 11.6 Å². The first-order valence-electron chi connectivity index (χ1n) is 11.1. The number of nitrogens with one attached hydrogen (secondary N) is 2. The van der Waals surface area contributed by atoms with E-state index in [0.717, 1.165) is 6.20 Å². The fraction of sp³-hybridized carbons (Fsp3) is 0.111. The van der Waals surface area contributed by atoms with Crippen molar-refractivity contribution < 1.29 is 18.3 Å². The zero-order valence-corrected chi connectivity index (χ0v) is 19.2. The topological polar surface area (TPSA) is 92.8 Å². The Morgan fingerprint density at radius 3 is 2.58 bits per heavy atom. The summed E-state index contributed by atoms with van der Waals surface area (Å²) < 4.78 is 32.5. The SMILES string of the molecule is COCC(C(=O)Nc1cc(-c2[nH]c3cc(F)cnc3c2-c2ccccn2)ccn1)c1ccc(F)cc1. The first kappa shape index (κ1) is 23.3. The van der Waals surface area contributed by atoms with Crippen molar-refractivity contribution in [1.82, 2.24) is 19.9 Å². The Morgan fingerprint density at radius 2 is 1.83 bits per heavy atom. The summed E-state index contributed by atoms with van der Waals surface area (Å²) >= 11 is 0. The van der Waals surface area contributed by atoms with Crippen LogP contribution in [-0.2, 0) is 9.53 Å². The number of fused-ring (bicyclic) bond motifs is 1. The van der Waals surface area contributed by atoms with Crippen LogP contribution in [0.25, 0.3) is 33.5 Å². The molecule has 0 saturated carbocycles. The molecule has 0 saturated heterocycles. The molecule has 2 N–H and O–H groups in total. The number of methoxy groups -OCH3 is 1. The maximum atomic E-state index is 13.9. The van der Waals surface area contributed by atoms with Gasteiger partial charge < -0.3 is 15.0 Å². The molecule has 36 heavy (non-hydrogen) atoms. The van der Waals surface area contributed by atoms with Crippen molar-refractivity contribution in [2.45, 2.75) is 5.92 Å². The number of benzene rings is 1. The van der Waals surface area contributed by atoms with Crippen LogP contribution in [0.5, 0.6) is 0 Å². The van der Waals surface area contributed by atoms with E-state index < -0.39 is 11.7 Å². The number of rotatable bonds is 7. The van der Waals surface area contributed by atoms with Crippen LogP contribution in [0.4, 0.5) is 14.6 Å². The van der Waals surface area contributed by atoms with Crippen molar-refractivity contribution >= 4 is 22.8 Å². The molecule has 0 bridgehead atoms. The molecule has 4 heterocycles. The second kappa shape index (κ2) is 10.0. The van der Waals surface area contributed by atoms with Crippen molar-refractivity contribution in [3.63, 3.8) is 0 Å². The number of ether oxygens (including phenoxy) is 1. The van der Waals surface area contributed by atoms with Gasteiger partial charge >= 0.3 is 0 Å². The van der Waals surface area contributed by atoms with E-state index in [0.29, 0.717) is 44.9 Å². The van der Waals surface area contributed by atoms with Crippen molar-refractivity contribution in [3.05, 3.63) is 96.5 Å². The van der Waals surface area contributed by atoms with Gasteiger partial charge in [0.25, 0.3) is 0 Å². The monoisotopic (exact) mass is 485 g/mol. The molecule has 1 atom stereocenters. The Balaban J connectivity index is 1.52. The van der Waals surface area contributed by atoms with Gasteiger partial charge in [0.1, 0.15) is 17.5 Å². The van der Waals surface area contributed by atoms with E-state index in [1.165, 1.54) is 25.3 Å². The number of hydrogen-bond acceptors (Lipinski definition) is 5. The first-order valence-corrected chi connectivity index (χ1v) is 11.1. The highest BCUT2D eigenvalue weighted by atomic mass is 19.1. The lowest BCUT2D eigenvalue weighted by atomic mass is 9.99. The summed E-state index contributed by atoms with van der Waals surface area (Å²) in [5.74, 6) is -1.55. The molecule has 0 aliphatic carbocycles. The fourth-order valence-electron chi connectivity index (χ4n) is 4.08. The molecule has 180 valence electrons. The minimum Gasteiger partial charge on any atom is -0.384 e. The van der Waals surface area contributed by atoms with E-state index in [1.54, 1.807) is 36.7 Å². The molecule has 7 nitrogen and oxygen atoms in total. The Bertz CT molecular complexity index is 1520. The molecule has 0 radical (unpaired) electrons. The highest BCUT2D eigenvalue weighted by Gasteiger charge is 2.22. The Morgan fingerprint density at radius 1 is 1.00 bits per heavy atom. The summed E-state index contributed by atoms with van der Waals surface area (Å²) in [6, 6.07) is 16.1. The van der Waals surface area contributed by atoms with Crippen molar-refractivity contribution in [2.24, 2.45) is 0 Å². The minimum atomic E-state index is -0.662. The largest absolute Gasteiger partial charge is 0.384 e. The van der Waals surface area contributed by atoms with Gasteiger partial charge in [-0.25, -0.2) is 13.8 Å². The van der Waals surface area contributed by atoms with Crippen molar-refractivity contribution in [3.8, 4) is 22.5 Å².